The maximum absolute atomic E-state index is 12.5. The Hall–Kier alpha value is -3.21. The number of hydrogen-bond donors (Lipinski definition) is 0. The van der Waals surface area contributed by atoms with Gasteiger partial charge in [0.25, 0.3) is 0 Å². The molecule has 1 heterocycles. The third-order valence-corrected chi connectivity index (χ3v) is 4.68. The smallest absolute Gasteiger partial charge is 0.246 e. The van der Waals surface area contributed by atoms with E-state index in [1.807, 2.05) is 53.4 Å². The van der Waals surface area contributed by atoms with Crippen LogP contribution in [0.5, 0.6) is 11.5 Å². The van der Waals surface area contributed by atoms with E-state index >= 15 is 0 Å². The third kappa shape index (κ3) is 4.94. The maximum Gasteiger partial charge on any atom is 0.246 e. The second kappa shape index (κ2) is 9.65. The summed E-state index contributed by atoms with van der Waals surface area (Å²) >= 11 is 0. The number of piperazine rings is 1. The molecule has 0 bridgehead atoms. The summed E-state index contributed by atoms with van der Waals surface area (Å²) in [4.78, 5) is 16.6. The normalized spacial score (nSPS) is 14.2. The number of hydrogen-bond acceptors (Lipinski definition) is 4. The number of benzene rings is 2. The van der Waals surface area contributed by atoms with Crippen LogP contribution in [0.15, 0.2) is 67.3 Å². The molecule has 28 heavy (non-hydrogen) atoms. The van der Waals surface area contributed by atoms with Gasteiger partial charge in [-0.1, -0.05) is 36.9 Å². The van der Waals surface area contributed by atoms with Gasteiger partial charge < -0.3 is 19.3 Å². The van der Waals surface area contributed by atoms with Crippen molar-refractivity contribution in [3.05, 3.63) is 72.8 Å². The van der Waals surface area contributed by atoms with E-state index in [1.165, 1.54) is 0 Å². The Morgan fingerprint density at radius 2 is 1.79 bits per heavy atom. The van der Waals surface area contributed by atoms with E-state index in [4.69, 9.17) is 9.47 Å². The van der Waals surface area contributed by atoms with Crippen LogP contribution in [-0.4, -0.2) is 50.7 Å². The van der Waals surface area contributed by atoms with Gasteiger partial charge in [-0.25, -0.2) is 0 Å². The molecule has 0 unspecified atom stereocenters. The van der Waals surface area contributed by atoms with Crippen LogP contribution in [0.4, 0.5) is 5.69 Å². The summed E-state index contributed by atoms with van der Waals surface area (Å²) in [5.74, 6) is 1.69. The van der Waals surface area contributed by atoms with Crippen molar-refractivity contribution in [2.24, 2.45) is 0 Å². The Kier molecular flexibility index (Phi) is 6.73. The van der Waals surface area contributed by atoms with Crippen LogP contribution in [0.25, 0.3) is 6.08 Å². The Morgan fingerprint density at radius 3 is 2.46 bits per heavy atom. The van der Waals surface area contributed by atoms with E-state index in [0.717, 1.165) is 35.8 Å². The van der Waals surface area contributed by atoms with Gasteiger partial charge in [-0.15, -0.1) is 0 Å². The van der Waals surface area contributed by atoms with Gasteiger partial charge in [-0.3, -0.25) is 4.79 Å². The zero-order chi connectivity index (χ0) is 19.8. The van der Waals surface area contributed by atoms with E-state index in [9.17, 15) is 4.79 Å². The Morgan fingerprint density at radius 1 is 1.07 bits per heavy atom. The molecule has 1 saturated heterocycles. The number of carbonyl (C=O) groups is 1. The molecule has 146 valence electrons. The highest BCUT2D eigenvalue weighted by Gasteiger charge is 2.21. The quantitative estimate of drug-likeness (QED) is 0.545. The predicted molar refractivity (Wildman–Crippen MR) is 113 cm³/mol. The molecule has 1 aliphatic heterocycles. The first-order valence-corrected chi connectivity index (χ1v) is 9.40. The molecular formula is C23H26N2O3. The summed E-state index contributed by atoms with van der Waals surface area (Å²) in [5, 5.41) is 0. The van der Waals surface area contributed by atoms with Crippen LogP contribution in [0.2, 0.25) is 0 Å². The fraction of sp³-hybridized carbons (Fsp3) is 0.261. The Labute approximate surface area is 166 Å². The monoisotopic (exact) mass is 378 g/mol. The third-order valence-electron chi connectivity index (χ3n) is 4.68. The number of para-hydroxylation sites is 2. The molecule has 2 aromatic rings. The standard InChI is InChI=1S/C23H26N2O3/c1-3-18-28-20-11-8-19(9-12-20)10-13-23(26)25-16-14-24(15-17-25)21-6-4-5-7-22(21)27-2/h3-13H,1,14-18H2,2H3/b13-10+. The van der Waals surface area contributed by atoms with Gasteiger partial charge >= 0.3 is 0 Å². The van der Waals surface area contributed by atoms with Gasteiger partial charge in [0.15, 0.2) is 0 Å². The number of carbonyl (C=O) groups excluding carboxylic acids is 1. The lowest BCUT2D eigenvalue weighted by molar-refractivity contribution is -0.126. The van der Waals surface area contributed by atoms with Crippen molar-refractivity contribution < 1.29 is 14.3 Å². The Bertz CT molecular complexity index is 822. The van der Waals surface area contributed by atoms with Gasteiger partial charge in [0.2, 0.25) is 5.91 Å². The van der Waals surface area contributed by atoms with E-state index in [1.54, 1.807) is 19.3 Å². The van der Waals surface area contributed by atoms with E-state index < -0.39 is 0 Å². The molecular weight excluding hydrogens is 352 g/mol. The van der Waals surface area contributed by atoms with Gasteiger partial charge in [0, 0.05) is 32.3 Å². The van der Waals surface area contributed by atoms with Crippen molar-refractivity contribution in [3.8, 4) is 11.5 Å². The second-order valence-corrected chi connectivity index (χ2v) is 6.49. The first-order valence-electron chi connectivity index (χ1n) is 9.40. The lowest BCUT2D eigenvalue weighted by Crippen LogP contribution is -2.48. The number of amides is 1. The largest absolute Gasteiger partial charge is 0.495 e. The summed E-state index contributed by atoms with van der Waals surface area (Å²) in [6.45, 7) is 7.06. The topological polar surface area (TPSA) is 42.0 Å². The lowest BCUT2D eigenvalue weighted by Gasteiger charge is -2.36. The SMILES string of the molecule is C=CCOc1ccc(/C=C/C(=O)N2CCN(c3ccccc3OC)CC2)cc1. The minimum Gasteiger partial charge on any atom is -0.495 e. The molecule has 0 N–H and O–H groups in total. The number of methoxy groups -OCH3 is 1. The summed E-state index contributed by atoms with van der Waals surface area (Å²) in [6, 6.07) is 15.6. The predicted octanol–water partition coefficient (Wildman–Crippen LogP) is 3.62. The highest BCUT2D eigenvalue weighted by atomic mass is 16.5. The summed E-state index contributed by atoms with van der Waals surface area (Å²) < 4.78 is 10.9. The van der Waals surface area contributed by atoms with Crippen molar-refractivity contribution in [2.45, 2.75) is 0 Å². The highest BCUT2D eigenvalue weighted by Crippen LogP contribution is 2.28. The van der Waals surface area contributed by atoms with Gasteiger partial charge in [-0.05, 0) is 35.9 Å². The molecule has 0 aliphatic carbocycles. The summed E-state index contributed by atoms with van der Waals surface area (Å²) in [6.07, 6.45) is 5.19. The van der Waals surface area contributed by atoms with Crippen LogP contribution in [0.3, 0.4) is 0 Å². The van der Waals surface area contributed by atoms with Crippen LogP contribution >= 0.6 is 0 Å². The number of anilines is 1. The van der Waals surface area contributed by atoms with Crippen molar-refractivity contribution in [2.75, 3.05) is 44.8 Å². The van der Waals surface area contributed by atoms with E-state index in [2.05, 4.69) is 17.5 Å². The Balaban J connectivity index is 1.53. The molecule has 2 aromatic carbocycles. The van der Waals surface area contributed by atoms with E-state index in [-0.39, 0.29) is 5.91 Å². The first-order chi connectivity index (χ1) is 13.7. The van der Waals surface area contributed by atoms with Gasteiger partial charge in [-0.2, -0.15) is 0 Å². The van der Waals surface area contributed by atoms with Gasteiger partial charge in [0.05, 0.1) is 12.8 Å². The zero-order valence-corrected chi connectivity index (χ0v) is 16.2. The molecule has 0 spiro atoms. The highest BCUT2D eigenvalue weighted by molar-refractivity contribution is 5.92. The van der Waals surface area contributed by atoms with Crippen LogP contribution in [0, 0.1) is 0 Å². The molecule has 3 rings (SSSR count). The maximum atomic E-state index is 12.5. The molecule has 0 atom stereocenters. The molecule has 1 fully saturated rings. The van der Waals surface area contributed by atoms with Crippen molar-refractivity contribution in [3.63, 3.8) is 0 Å². The van der Waals surface area contributed by atoms with Crippen molar-refractivity contribution in [1.29, 1.82) is 0 Å². The number of rotatable bonds is 7. The lowest BCUT2D eigenvalue weighted by atomic mass is 10.2. The number of ether oxygens (including phenoxy) is 2. The second-order valence-electron chi connectivity index (χ2n) is 6.49. The molecule has 0 aromatic heterocycles. The average molecular weight is 378 g/mol. The van der Waals surface area contributed by atoms with Crippen LogP contribution in [-0.2, 0) is 4.79 Å². The minimum atomic E-state index is 0.0339. The molecule has 1 aliphatic rings. The summed E-state index contributed by atoms with van der Waals surface area (Å²) in [7, 11) is 1.68. The average Bonchev–Trinajstić information content (AvgIpc) is 2.76. The molecule has 0 radical (unpaired) electrons. The van der Waals surface area contributed by atoms with Crippen molar-refractivity contribution >= 4 is 17.7 Å². The fourth-order valence-electron chi connectivity index (χ4n) is 3.16. The fourth-order valence-corrected chi connectivity index (χ4v) is 3.16. The van der Waals surface area contributed by atoms with Crippen molar-refractivity contribution in [1.82, 2.24) is 4.90 Å². The minimum absolute atomic E-state index is 0.0339. The summed E-state index contributed by atoms with van der Waals surface area (Å²) in [5.41, 5.74) is 2.04. The van der Waals surface area contributed by atoms with Gasteiger partial charge in [0.1, 0.15) is 18.1 Å². The zero-order valence-electron chi connectivity index (χ0n) is 16.2. The molecule has 5 heteroatoms. The first kappa shape index (κ1) is 19.5. The molecule has 1 amide bonds. The molecule has 5 nitrogen and oxygen atoms in total. The van der Waals surface area contributed by atoms with Crippen LogP contribution in [0.1, 0.15) is 5.56 Å². The van der Waals surface area contributed by atoms with Crippen LogP contribution < -0.4 is 14.4 Å². The molecule has 0 saturated carbocycles. The van der Waals surface area contributed by atoms with E-state index in [0.29, 0.717) is 19.7 Å². The number of nitrogens with zero attached hydrogens (tertiary/aromatic N) is 2.